The fraction of sp³-hybridized carbons (Fsp3) is 0.211. The topological polar surface area (TPSA) is 63.5 Å². The van der Waals surface area contributed by atoms with Crippen LogP contribution in [0, 0.1) is 0 Å². The molecule has 0 fully saturated rings. The number of carbonyl (C=O) groups excluding carboxylic acids is 1. The number of anilines is 1. The summed E-state index contributed by atoms with van der Waals surface area (Å²) in [4.78, 5) is 18.1. The van der Waals surface area contributed by atoms with Gasteiger partial charge in [0.1, 0.15) is 6.61 Å². The number of benzene rings is 2. The number of amides is 1. The zero-order chi connectivity index (χ0) is 17.6. The Morgan fingerprint density at radius 1 is 1.16 bits per heavy atom. The summed E-state index contributed by atoms with van der Waals surface area (Å²) in [6, 6.07) is 14.9. The van der Waals surface area contributed by atoms with Crippen LogP contribution in [0.3, 0.4) is 0 Å². The summed E-state index contributed by atoms with van der Waals surface area (Å²) in [6.45, 7) is 0.479. The number of aromatic nitrogens is 1. The van der Waals surface area contributed by atoms with Gasteiger partial charge in [-0.25, -0.2) is 0 Å². The summed E-state index contributed by atoms with van der Waals surface area (Å²) in [6.07, 6.45) is 2.57. The van der Waals surface area contributed by atoms with Crippen LogP contribution < -0.4 is 10.2 Å². The van der Waals surface area contributed by atoms with Crippen molar-refractivity contribution in [3.8, 4) is 0 Å². The Bertz CT molecular complexity index is 876. The first-order valence-corrected chi connectivity index (χ1v) is 8.44. The van der Waals surface area contributed by atoms with Crippen molar-refractivity contribution in [3.05, 3.63) is 65.3 Å². The lowest BCUT2D eigenvalue weighted by Crippen LogP contribution is -2.15. The smallest absolute Gasteiger partial charge is 0.228 e. The van der Waals surface area contributed by atoms with Gasteiger partial charge in [0.25, 0.3) is 0 Å². The van der Waals surface area contributed by atoms with Crippen LogP contribution in [0.15, 0.2) is 54.7 Å². The SMILES string of the molecule is O=C(Cc1cn(OCCCO)c2ccccc12)Nc1ccccc1Cl. The van der Waals surface area contributed by atoms with Crippen LogP contribution in [0.25, 0.3) is 10.9 Å². The molecule has 1 amide bonds. The van der Waals surface area contributed by atoms with E-state index in [0.29, 0.717) is 23.7 Å². The van der Waals surface area contributed by atoms with E-state index in [1.54, 1.807) is 16.9 Å². The van der Waals surface area contributed by atoms with E-state index in [4.69, 9.17) is 21.5 Å². The second-order valence-corrected chi connectivity index (χ2v) is 6.02. The number of para-hydroxylation sites is 2. The number of rotatable bonds is 7. The largest absolute Gasteiger partial charge is 0.414 e. The lowest BCUT2D eigenvalue weighted by molar-refractivity contribution is -0.115. The van der Waals surface area contributed by atoms with Crippen LogP contribution in [0.5, 0.6) is 0 Å². The second kappa shape index (κ2) is 8.05. The highest BCUT2D eigenvalue weighted by molar-refractivity contribution is 6.33. The maximum Gasteiger partial charge on any atom is 0.228 e. The van der Waals surface area contributed by atoms with Gasteiger partial charge >= 0.3 is 0 Å². The van der Waals surface area contributed by atoms with Crippen molar-refractivity contribution in [2.45, 2.75) is 12.8 Å². The van der Waals surface area contributed by atoms with Crippen LogP contribution in [0.4, 0.5) is 5.69 Å². The van der Waals surface area contributed by atoms with Crippen LogP contribution >= 0.6 is 11.6 Å². The molecule has 0 aliphatic rings. The van der Waals surface area contributed by atoms with E-state index in [-0.39, 0.29) is 18.9 Å². The summed E-state index contributed by atoms with van der Waals surface area (Å²) >= 11 is 6.08. The van der Waals surface area contributed by atoms with E-state index in [0.717, 1.165) is 16.5 Å². The first-order valence-electron chi connectivity index (χ1n) is 8.06. The lowest BCUT2D eigenvalue weighted by Gasteiger charge is -2.07. The van der Waals surface area contributed by atoms with Crippen LogP contribution in [-0.4, -0.2) is 29.0 Å². The third-order valence-electron chi connectivity index (χ3n) is 3.79. The van der Waals surface area contributed by atoms with Crippen molar-refractivity contribution in [1.29, 1.82) is 0 Å². The third kappa shape index (κ3) is 4.13. The Balaban J connectivity index is 1.78. The highest BCUT2D eigenvalue weighted by Gasteiger charge is 2.13. The van der Waals surface area contributed by atoms with Crippen molar-refractivity contribution in [2.24, 2.45) is 0 Å². The first-order chi connectivity index (χ1) is 12.2. The van der Waals surface area contributed by atoms with E-state index in [2.05, 4.69) is 5.32 Å². The van der Waals surface area contributed by atoms with Crippen LogP contribution in [0.1, 0.15) is 12.0 Å². The summed E-state index contributed by atoms with van der Waals surface area (Å²) in [5, 5.41) is 13.2. The molecule has 0 radical (unpaired) electrons. The predicted octanol–water partition coefficient (Wildman–Crippen LogP) is 3.29. The van der Waals surface area contributed by atoms with E-state index < -0.39 is 0 Å². The first kappa shape index (κ1) is 17.3. The Hall–Kier alpha value is -2.50. The van der Waals surface area contributed by atoms with Crippen molar-refractivity contribution < 1.29 is 14.7 Å². The molecule has 5 nitrogen and oxygen atoms in total. The van der Waals surface area contributed by atoms with Crippen molar-refractivity contribution in [2.75, 3.05) is 18.5 Å². The Morgan fingerprint density at radius 2 is 1.92 bits per heavy atom. The molecular formula is C19H19ClN2O3. The minimum absolute atomic E-state index is 0.0757. The molecule has 0 aliphatic carbocycles. The molecule has 0 saturated carbocycles. The fourth-order valence-corrected chi connectivity index (χ4v) is 2.81. The number of hydrogen-bond acceptors (Lipinski definition) is 3. The molecule has 0 spiro atoms. The van der Waals surface area contributed by atoms with Gasteiger partial charge in [0.2, 0.25) is 5.91 Å². The number of halogens is 1. The van der Waals surface area contributed by atoms with Gasteiger partial charge in [0.05, 0.1) is 22.6 Å². The molecule has 0 atom stereocenters. The van der Waals surface area contributed by atoms with Gasteiger partial charge in [-0.3, -0.25) is 4.79 Å². The summed E-state index contributed by atoms with van der Waals surface area (Å²) in [5.41, 5.74) is 2.35. The minimum Gasteiger partial charge on any atom is -0.414 e. The molecule has 25 heavy (non-hydrogen) atoms. The number of nitrogens with zero attached hydrogens (tertiary/aromatic N) is 1. The zero-order valence-electron chi connectivity index (χ0n) is 13.6. The number of carbonyl (C=O) groups is 1. The van der Waals surface area contributed by atoms with Gasteiger partial charge in [-0.1, -0.05) is 41.9 Å². The zero-order valence-corrected chi connectivity index (χ0v) is 14.4. The molecular weight excluding hydrogens is 340 g/mol. The van der Waals surface area contributed by atoms with E-state index in [1.165, 1.54) is 0 Å². The minimum atomic E-state index is -0.147. The summed E-state index contributed by atoms with van der Waals surface area (Å²) in [5.74, 6) is -0.147. The van der Waals surface area contributed by atoms with Gasteiger partial charge < -0.3 is 15.3 Å². The fourth-order valence-electron chi connectivity index (χ4n) is 2.62. The maximum atomic E-state index is 12.4. The number of nitrogens with one attached hydrogen (secondary N) is 1. The quantitative estimate of drug-likeness (QED) is 0.637. The van der Waals surface area contributed by atoms with Crippen LogP contribution in [0.2, 0.25) is 5.02 Å². The van der Waals surface area contributed by atoms with E-state index in [9.17, 15) is 4.79 Å². The molecule has 1 heterocycles. The van der Waals surface area contributed by atoms with E-state index >= 15 is 0 Å². The molecule has 1 aromatic heterocycles. The average Bonchev–Trinajstić information content (AvgIpc) is 2.95. The van der Waals surface area contributed by atoms with Crippen molar-refractivity contribution in [3.63, 3.8) is 0 Å². The lowest BCUT2D eigenvalue weighted by atomic mass is 10.1. The van der Waals surface area contributed by atoms with Gasteiger partial charge in [-0.2, -0.15) is 4.73 Å². The van der Waals surface area contributed by atoms with Crippen molar-refractivity contribution >= 4 is 34.1 Å². The molecule has 2 N–H and O–H groups in total. The standard InChI is InChI=1S/C19H19ClN2O3/c20-16-7-2-3-8-17(16)21-19(24)12-14-13-22(25-11-5-10-23)18-9-4-1-6-15(14)18/h1-4,6-9,13,23H,5,10-12H2,(H,21,24). The third-order valence-corrected chi connectivity index (χ3v) is 4.12. The Labute approximate surface area is 150 Å². The Kier molecular flexibility index (Phi) is 5.58. The molecule has 0 aliphatic heterocycles. The highest BCUT2D eigenvalue weighted by atomic mass is 35.5. The molecule has 130 valence electrons. The number of hydrogen-bond donors (Lipinski definition) is 2. The normalized spacial score (nSPS) is 10.8. The van der Waals surface area contributed by atoms with E-state index in [1.807, 2.05) is 42.6 Å². The van der Waals surface area contributed by atoms with Gasteiger partial charge in [-0.15, -0.1) is 0 Å². The summed E-state index contributed by atoms with van der Waals surface area (Å²) in [7, 11) is 0. The molecule has 0 saturated heterocycles. The van der Waals surface area contributed by atoms with Gasteiger partial charge in [-0.05, 0) is 23.8 Å². The average molecular weight is 359 g/mol. The van der Waals surface area contributed by atoms with Gasteiger partial charge in [0, 0.05) is 24.6 Å². The number of aliphatic hydroxyl groups is 1. The molecule has 0 bridgehead atoms. The molecule has 3 aromatic rings. The number of fused-ring (bicyclic) bond motifs is 1. The highest BCUT2D eigenvalue weighted by Crippen LogP contribution is 2.23. The predicted molar refractivity (Wildman–Crippen MR) is 98.9 cm³/mol. The van der Waals surface area contributed by atoms with Crippen LogP contribution in [-0.2, 0) is 11.2 Å². The summed E-state index contributed by atoms with van der Waals surface area (Å²) < 4.78 is 1.66. The molecule has 0 unspecified atom stereocenters. The molecule has 3 rings (SSSR count). The van der Waals surface area contributed by atoms with Gasteiger partial charge in [0.15, 0.2) is 0 Å². The number of aliphatic hydroxyl groups excluding tert-OH is 1. The van der Waals surface area contributed by atoms with Crippen molar-refractivity contribution in [1.82, 2.24) is 4.73 Å². The molecule has 6 heteroatoms. The second-order valence-electron chi connectivity index (χ2n) is 5.61. The maximum absolute atomic E-state index is 12.4. The monoisotopic (exact) mass is 358 g/mol. The Morgan fingerprint density at radius 3 is 2.72 bits per heavy atom. The molecule has 2 aromatic carbocycles.